The van der Waals surface area contributed by atoms with Crippen molar-refractivity contribution in [2.24, 2.45) is 5.73 Å². The Bertz CT molecular complexity index is 1660. The minimum Gasteiger partial charge on any atom is -0.390 e. The number of pyridine rings is 1. The topological polar surface area (TPSA) is 209 Å². The molecule has 0 aliphatic carbocycles. The molecule has 1 heterocycles. The van der Waals surface area contributed by atoms with Gasteiger partial charge in [-0.05, 0) is 61.7 Å². The number of hydrogen-bond acceptors (Lipinski definition) is 9. The molecule has 14 heteroatoms. The SMILES string of the molecule is CNC(=O)c1cncc(CNC[C@@H](O)[C@@H](N)Cc2ccccc2)c1.Cc1ccc(S(=O)(=O)O)cc1.Cc1ccc(S(=O)(=O)O)cc1. The average Bonchev–Trinajstić information content (AvgIpc) is 3.01. The predicted octanol–water partition coefficient (Wildman–Crippen LogP) is 2.95. The zero-order chi connectivity index (χ0) is 34.3. The van der Waals surface area contributed by atoms with Gasteiger partial charge in [-0.2, -0.15) is 16.8 Å². The second kappa shape index (κ2) is 18.2. The number of carbonyl (C=O) groups is 1. The molecule has 0 spiro atoms. The van der Waals surface area contributed by atoms with Gasteiger partial charge in [-0.3, -0.25) is 18.9 Å². The number of carbonyl (C=O) groups excluding carboxylic acids is 1. The van der Waals surface area contributed by atoms with Crippen molar-refractivity contribution in [3.63, 3.8) is 0 Å². The van der Waals surface area contributed by atoms with Gasteiger partial charge in [0.05, 0.1) is 21.5 Å². The van der Waals surface area contributed by atoms with E-state index in [2.05, 4.69) is 15.6 Å². The summed E-state index contributed by atoms with van der Waals surface area (Å²) in [6, 6.07) is 23.3. The summed E-state index contributed by atoms with van der Waals surface area (Å²) in [6.45, 7) is 4.56. The number of nitrogens with zero attached hydrogens (tertiary/aromatic N) is 1. The summed E-state index contributed by atoms with van der Waals surface area (Å²) < 4.78 is 59.1. The van der Waals surface area contributed by atoms with Gasteiger partial charge in [-0.1, -0.05) is 65.7 Å². The Balaban J connectivity index is 0.000000277. The van der Waals surface area contributed by atoms with E-state index in [1.807, 2.05) is 44.2 Å². The number of aryl methyl sites for hydroxylation is 2. The van der Waals surface area contributed by atoms with Crippen LogP contribution >= 0.6 is 0 Å². The van der Waals surface area contributed by atoms with Crippen molar-refractivity contribution in [3.8, 4) is 0 Å². The van der Waals surface area contributed by atoms with Crippen LogP contribution in [-0.4, -0.2) is 67.7 Å². The van der Waals surface area contributed by atoms with Crippen LogP contribution in [0.15, 0.2) is 107 Å². The molecule has 0 unspecified atom stereocenters. The van der Waals surface area contributed by atoms with Crippen LogP contribution < -0.4 is 16.4 Å². The minimum absolute atomic E-state index is 0.0666. The van der Waals surface area contributed by atoms with Gasteiger partial charge in [0.25, 0.3) is 26.1 Å². The fraction of sp³-hybridized carbons (Fsp3) is 0.250. The number of nitrogens with one attached hydrogen (secondary N) is 2. The number of aromatic nitrogens is 1. The quantitative estimate of drug-likeness (QED) is 0.135. The average molecular weight is 673 g/mol. The fourth-order valence-electron chi connectivity index (χ4n) is 3.81. The normalized spacial score (nSPS) is 12.4. The number of rotatable bonds is 10. The molecule has 2 atom stereocenters. The Morgan fingerprint density at radius 1 is 0.804 bits per heavy atom. The molecular weight excluding hydrogens is 633 g/mol. The molecule has 0 saturated carbocycles. The predicted molar refractivity (Wildman–Crippen MR) is 175 cm³/mol. The lowest BCUT2D eigenvalue weighted by Gasteiger charge is -2.19. The molecule has 4 rings (SSSR count). The van der Waals surface area contributed by atoms with Crippen molar-refractivity contribution in [1.82, 2.24) is 15.6 Å². The van der Waals surface area contributed by atoms with E-state index in [1.54, 1.807) is 43.6 Å². The minimum atomic E-state index is -4.02. The van der Waals surface area contributed by atoms with Gasteiger partial charge in [0.2, 0.25) is 0 Å². The van der Waals surface area contributed by atoms with E-state index in [1.165, 1.54) is 30.5 Å². The Morgan fingerprint density at radius 2 is 1.30 bits per heavy atom. The zero-order valence-corrected chi connectivity index (χ0v) is 27.4. The Morgan fingerprint density at radius 3 is 1.76 bits per heavy atom. The molecule has 46 heavy (non-hydrogen) atoms. The van der Waals surface area contributed by atoms with Crippen molar-refractivity contribution < 1.29 is 35.8 Å². The molecule has 248 valence electrons. The number of benzene rings is 3. The smallest absolute Gasteiger partial charge is 0.294 e. The van der Waals surface area contributed by atoms with E-state index in [4.69, 9.17) is 14.8 Å². The summed E-state index contributed by atoms with van der Waals surface area (Å²) in [4.78, 5) is 15.5. The van der Waals surface area contributed by atoms with Crippen LogP contribution in [-0.2, 0) is 33.2 Å². The van der Waals surface area contributed by atoms with Gasteiger partial charge >= 0.3 is 0 Å². The van der Waals surface area contributed by atoms with E-state index >= 15 is 0 Å². The number of nitrogens with two attached hydrogens (primary N) is 1. The maximum atomic E-state index is 11.6. The van der Waals surface area contributed by atoms with Gasteiger partial charge in [0.15, 0.2) is 0 Å². The van der Waals surface area contributed by atoms with E-state index in [0.717, 1.165) is 22.3 Å². The molecule has 4 aromatic rings. The highest BCUT2D eigenvalue weighted by Crippen LogP contribution is 2.10. The number of hydrogen-bond donors (Lipinski definition) is 6. The van der Waals surface area contributed by atoms with Gasteiger partial charge in [-0.15, -0.1) is 0 Å². The van der Waals surface area contributed by atoms with E-state index in [0.29, 0.717) is 25.1 Å². The van der Waals surface area contributed by atoms with Crippen LogP contribution in [0.4, 0.5) is 0 Å². The van der Waals surface area contributed by atoms with Crippen molar-refractivity contribution in [3.05, 3.63) is 125 Å². The first kappa shape index (κ1) is 38.2. The summed E-state index contributed by atoms with van der Waals surface area (Å²) in [6.07, 6.45) is 3.18. The Hall–Kier alpha value is -4.02. The second-order valence-electron chi connectivity index (χ2n) is 10.3. The van der Waals surface area contributed by atoms with Crippen molar-refractivity contribution in [1.29, 1.82) is 0 Å². The van der Waals surface area contributed by atoms with Gasteiger partial charge in [-0.25, -0.2) is 0 Å². The lowest BCUT2D eigenvalue weighted by atomic mass is 10.0. The monoisotopic (exact) mass is 672 g/mol. The third kappa shape index (κ3) is 14.0. The summed E-state index contributed by atoms with van der Waals surface area (Å²) in [5.41, 5.74) is 10.5. The molecular formula is C32H40N4O8S2. The first-order chi connectivity index (χ1) is 21.6. The Labute approximate surface area is 270 Å². The highest BCUT2D eigenvalue weighted by molar-refractivity contribution is 7.86. The molecule has 0 aliphatic heterocycles. The molecule has 3 aromatic carbocycles. The Kier molecular flexibility index (Phi) is 15.1. The number of aliphatic hydroxyl groups excluding tert-OH is 1. The van der Waals surface area contributed by atoms with E-state index < -0.39 is 26.3 Å². The van der Waals surface area contributed by atoms with Crippen LogP contribution in [0, 0.1) is 13.8 Å². The molecule has 0 saturated heterocycles. The van der Waals surface area contributed by atoms with Crippen molar-refractivity contribution in [2.75, 3.05) is 13.6 Å². The first-order valence-electron chi connectivity index (χ1n) is 14.0. The molecule has 0 fully saturated rings. The summed E-state index contributed by atoms with van der Waals surface area (Å²) >= 11 is 0. The van der Waals surface area contributed by atoms with E-state index in [-0.39, 0.29) is 21.7 Å². The van der Waals surface area contributed by atoms with Crippen LogP contribution in [0.2, 0.25) is 0 Å². The lowest BCUT2D eigenvalue weighted by Crippen LogP contribution is -2.43. The van der Waals surface area contributed by atoms with E-state index in [9.17, 15) is 26.7 Å². The summed E-state index contributed by atoms with van der Waals surface area (Å²) in [5.74, 6) is -0.172. The molecule has 1 aromatic heterocycles. The maximum absolute atomic E-state index is 11.6. The van der Waals surface area contributed by atoms with Crippen molar-refractivity contribution >= 4 is 26.1 Å². The zero-order valence-electron chi connectivity index (χ0n) is 25.7. The third-order valence-corrected chi connectivity index (χ3v) is 8.15. The van der Waals surface area contributed by atoms with Crippen LogP contribution in [0.1, 0.15) is 32.6 Å². The molecule has 0 radical (unpaired) electrons. The standard InChI is InChI=1S/C18H24N4O2.2C7H8O3S/c1-20-18(24)15-7-14(9-21-11-15)10-22-12-17(23)16(19)8-13-5-3-2-4-6-13;2*1-6-2-4-7(5-3-6)11(8,9)10/h2-7,9,11,16-17,22-23H,8,10,12,19H2,1H3,(H,20,24);2*2-5H,1H3,(H,8,9,10)/t16-,17+;;/m0../s1. The van der Waals surface area contributed by atoms with Gasteiger partial charge < -0.3 is 21.5 Å². The molecule has 0 bridgehead atoms. The first-order valence-corrected chi connectivity index (χ1v) is 16.9. The van der Waals surface area contributed by atoms with Gasteiger partial charge in [0, 0.05) is 38.6 Å². The fourth-order valence-corrected chi connectivity index (χ4v) is 4.77. The third-order valence-electron chi connectivity index (χ3n) is 6.41. The van der Waals surface area contributed by atoms with Crippen molar-refractivity contribution in [2.45, 2.75) is 48.7 Å². The lowest BCUT2D eigenvalue weighted by molar-refractivity contribution is 0.0962. The highest BCUT2D eigenvalue weighted by Gasteiger charge is 2.15. The molecule has 7 N–H and O–H groups in total. The summed E-state index contributed by atoms with van der Waals surface area (Å²) in [5, 5.41) is 15.9. The van der Waals surface area contributed by atoms with Crippen LogP contribution in [0.5, 0.6) is 0 Å². The summed E-state index contributed by atoms with van der Waals surface area (Å²) in [7, 11) is -6.46. The number of aliphatic hydroxyl groups is 1. The molecule has 12 nitrogen and oxygen atoms in total. The van der Waals surface area contributed by atoms with Crippen LogP contribution in [0.25, 0.3) is 0 Å². The molecule has 1 amide bonds. The largest absolute Gasteiger partial charge is 0.390 e. The maximum Gasteiger partial charge on any atom is 0.294 e. The van der Waals surface area contributed by atoms with Crippen LogP contribution in [0.3, 0.4) is 0 Å². The molecule has 0 aliphatic rings. The van der Waals surface area contributed by atoms with Gasteiger partial charge in [0.1, 0.15) is 0 Å². The highest BCUT2D eigenvalue weighted by atomic mass is 32.2. The second-order valence-corrected chi connectivity index (χ2v) is 13.1. The number of amides is 1.